The van der Waals surface area contributed by atoms with Crippen molar-refractivity contribution >= 4 is 27.3 Å². The van der Waals surface area contributed by atoms with Crippen LogP contribution in [0, 0.1) is 12.8 Å². The number of nitrogens with zero attached hydrogens (tertiary/aromatic N) is 2. The van der Waals surface area contributed by atoms with Crippen LogP contribution in [0.1, 0.15) is 43.9 Å². The van der Waals surface area contributed by atoms with Crippen molar-refractivity contribution in [3.63, 3.8) is 0 Å². The number of sulfonamides is 1. The van der Waals surface area contributed by atoms with E-state index < -0.39 is 10.0 Å². The summed E-state index contributed by atoms with van der Waals surface area (Å²) in [5.74, 6) is 0.449. The Morgan fingerprint density at radius 3 is 2.23 bits per heavy atom. The fraction of sp³-hybridized carbons (Fsp3) is 0.458. The molecule has 0 aromatic heterocycles. The molecule has 2 aromatic carbocycles. The summed E-state index contributed by atoms with van der Waals surface area (Å²) >= 11 is 0. The molecule has 168 valence electrons. The predicted octanol–water partition coefficient (Wildman–Crippen LogP) is 3.87. The molecular formula is C24H33N3O3S. The minimum atomic E-state index is -3.58. The molecule has 1 amide bonds. The van der Waals surface area contributed by atoms with E-state index in [9.17, 15) is 13.2 Å². The van der Waals surface area contributed by atoms with Crippen LogP contribution < -0.4 is 14.5 Å². The number of amides is 1. The van der Waals surface area contributed by atoms with Gasteiger partial charge >= 0.3 is 0 Å². The van der Waals surface area contributed by atoms with E-state index in [1.165, 1.54) is 18.5 Å². The van der Waals surface area contributed by atoms with Crippen LogP contribution in [0.15, 0.2) is 48.5 Å². The third-order valence-corrected chi connectivity index (χ3v) is 7.07. The standard InChI is InChI=1S/C24H33N3O3S/c1-18-5-9-23(10-6-18)27(31(4,29)30)17-24(28)25-20(3)21-7-11-22(12-8-21)26-15-13-19(2)14-16-26/h5-12,19-20H,13-17H2,1-4H3,(H,25,28)/t20-/m1/s1. The van der Waals surface area contributed by atoms with Crippen LogP contribution in [0.3, 0.4) is 0 Å². The van der Waals surface area contributed by atoms with Gasteiger partial charge in [0, 0.05) is 18.8 Å². The first kappa shape index (κ1) is 23.1. The molecule has 0 radical (unpaired) electrons. The number of carbonyl (C=O) groups excluding carboxylic acids is 1. The molecule has 0 spiro atoms. The van der Waals surface area contributed by atoms with Crippen LogP contribution in [0.5, 0.6) is 0 Å². The van der Waals surface area contributed by atoms with Gasteiger partial charge in [0.15, 0.2) is 0 Å². The van der Waals surface area contributed by atoms with Crippen LogP contribution in [0.4, 0.5) is 11.4 Å². The van der Waals surface area contributed by atoms with E-state index in [1.807, 2.05) is 38.1 Å². The highest BCUT2D eigenvalue weighted by molar-refractivity contribution is 7.92. The number of hydrogen-bond acceptors (Lipinski definition) is 4. The summed E-state index contributed by atoms with van der Waals surface area (Å²) in [4.78, 5) is 15.0. The van der Waals surface area contributed by atoms with Gasteiger partial charge in [0.25, 0.3) is 0 Å². The summed E-state index contributed by atoms with van der Waals surface area (Å²) in [6.07, 6.45) is 3.54. The molecule has 1 fully saturated rings. The lowest BCUT2D eigenvalue weighted by molar-refractivity contribution is -0.120. The SMILES string of the molecule is Cc1ccc(N(CC(=O)N[C@H](C)c2ccc(N3CCC(C)CC3)cc2)S(C)(=O)=O)cc1. The van der Waals surface area contributed by atoms with Crippen molar-refractivity contribution in [1.29, 1.82) is 0 Å². The molecule has 3 rings (SSSR count). The molecule has 1 atom stereocenters. The molecule has 31 heavy (non-hydrogen) atoms. The summed E-state index contributed by atoms with van der Waals surface area (Å²) in [5.41, 5.74) is 3.70. The second kappa shape index (κ2) is 9.73. The topological polar surface area (TPSA) is 69.7 Å². The quantitative estimate of drug-likeness (QED) is 0.705. The highest BCUT2D eigenvalue weighted by Gasteiger charge is 2.22. The maximum Gasteiger partial charge on any atom is 0.241 e. The van der Waals surface area contributed by atoms with E-state index in [0.717, 1.165) is 40.7 Å². The van der Waals surface area contributed by atoms with Crippen molar-refractivity contribution in [1.82, 2.24) is 5.32 Å². The van der Waals surface area contributed by atoms with Gasteiger partial charge in [-0.3, -0.25) is 9.10 Å². The maximum atomic E-state index is 12.6. The molecule has 1 heterocycles. The zero-order valence-electron chi connectivity index (χ0n) is 18.8. The minimum Gasteiger partial charge on any atom is -0.372 e. The highest BCUT2D eigenvalue weighted by Crippen LogP contribution is 2.25. The highest BCUT2D eigenvalue weighted by atomic mass is 32.2. The summed E-state index contributed by atoms with van der Waals surface area (Å²) in [6, 6.07) is 15.1. The maximum absolute atomic E-state index is 12.6. The number of anilines is 2. The Hall–Kier alpha value is -2.54. The van der Waals surface area contributed by atoms with Gasteiger partial charge in [-0.15, -0.1) is 0 Å². The molecule has 6 nitrogen and oxygen atoms in total. The normalized spacial score (nSPS) is 16.1. The van der Waals surface area contributed by atoms with Gasteiger partial charge < -0.3 is 10.2 Å². The lowest BCUT2D eigenvalue weighted by atomic mass is 9.98. The van der Waals surface area contributed by atoms with Gasteiger partial charge in [-0.25, -0.2) is 8.42 Å². The van der Waals surface area contributed by atoms with Gasteiger partial charge in [0.2, 0.25) is 15.9 Å². The van der Waals surface area contributed by atoms with Gasteiger partial charge in [-0.1, -0.05) is 36.8 Å². The van der Waals surface area contributed by atoms with Crippen LogP contribution in [-0.4, -0.2) is 40.2 Å². The first-order chi connectivity index (χ1) is 14.6. The van der Waals surface area contributed by atoms with Crippen LogP contribution in [0.2, 0.25) is 0 Å². The number of piperidine rings is 1. The average Bonchev–Trinajstić information content (AvgIpc) is 2.73. The molecule has 2 aromatic rings. The third kappa shape index (κ3) is 6.23. The Labute approximate surface area is 186 Å². The zero-order chi connectivity index (χ0) is 22.6. The third-order valence-electron chi connectivity index (χ3n) is 5.93. The Balaban J connectivity index is 1.63. The van der Waals surface area contributed by atoms with Crippen LogP contribution in [0.25, 0.3) is 0 Å². The van der Waals surface area contributed by atoms with Crippen molar-refractivity contribution in [3.05, 3.63) is 59.7 Å². The Morgan fingerprint density at radius 1 is 1.10 bits per heavy atom. The zero-order valence-corrected chi connectivity index (χ0v) is 19.7. The molecule has 0 saturated carbocycles. The lowest BCUT2D eigenvalue weighted by Gasteiger charge is -2.32. The van der Waals surface area contributed by atoms with E-state index in [-0.39, 0.29) is 18.5 Å². The smallest absolute Gasteiger partial charge is 0.241 e. The number of carbonyl (C=O) groups is 1. The van der Waals surface area contributed by atoms with Crippen LogP contribution >= 0.6 is 0 Å². The molecule has 0 bridgehead atoms. The van der Waals surface area contributed by atoms with E-state index in [0.29, 0.717) is 5.69 Å². The first-order valence-corrected chi connectivity index (χ1v) is 12.7. The fourth-order valence-electron chi connectivity index (χ4n) is 3.85. The van der Waals surface area contributed by atoms with E-state index in [4.69, 9.17) is 0 Å². The van der Waals surface area contributed by atoms with E-state index in [1.54, 1.807) is 12.1 Å². The van der Waals surface area contributed by atoms with Crippen molar-refractivity contribution in [2.45, 2.75) is 39.7 Å². The van der Waals surface area contributed by atoms with Gasteiger partial charge in [-0.2, -0.15) is 0 Å². The van der Waals surface area contributed by atoms with E-state index >= 15 is 0 Å². The molecule has 0 unspecified atom stereocenters. The number of hydrogen-bond donors (Lipinski definition) is 1. The first-order valence-electron chi connectivity index (χ1n) is 10.8. The largest absolute Gasteiger partial charge is 0.372 e. The van der Waals surface area contributed by atoms with Gasteiger partial charge in [-0.05, 0) is 62.4 Å². The number of benzene rings is 2. The van der Waals surface area contributed by atoms with Crippen molar-refractivity contribution in [2.75, 3.05) is 35.1 Å². The molecule has 1 saturated heterocycles. The van der Waals surface area contributed by atoms with Crippen molar-refractivity contribution in [3.8, 4) is 0 Å². The Kier molecular flexibility index (Phi) is 7.26. The number of rotatable bonds is 7. The number of nitrogens with one attached hydrogen (secondary N) is 1. The second-order valence-corrected chi connectivity index (χ2v) is 10.6. The number of aryl methyl sites for hydroxylation is 1. The predicted molar refractivity (Wildman–Crippen MR) is 127 cm³/mol. The average molecular weight is 444 g/mol. The van der Waals surface area contributed by atoms with Crippen molar-refractivity contribution in [2.24, 2.45) is 5.92 Å². The van der Waals surface area contributed by atoms with Crippen LogP contribution in [-0.2, 0) is 14.8 Å². The molecular weight excluding hydrogens is 410 g/mol. The molecule has 0 aliphatic carbocycles. The Morgan fingerprint density at radius 2 is 1.68 bits per heavy atom. The summed E-state index contributed by atoms with van der Waals surface area (Å²) in [7, 11) is -3.58. The van der Waals surface area contributed by atoms with Crippen molar-refractivity contribution < 1.29 is 13.2 Å². The Bertz CT molecular complexity index is 980. The lowest BCUT2D eigenvalue weighted by Crippen LogP contribution is -2.41. The summed E-state index contributed by atoms with van der Waals surface area (Å²) in [6.45, 7) is 8.04. The molecule has 1 aliphatic heterocycles. The minimum absolute atomic E-state index is 0.220. The monoisotopic (exact) mass is 443 g/mol. The second-order valence-electron chi connectivity index (χ2n) is 8.66. The summed E-state index contributed by atoms with van der Waals surface area (Å²) in [5, 5.41) is 2.93. The van der Waals surface area contributed by atoms with Gasteiger partial charge in [0.1, 0.15) is 6.54 Å². The fourth-order valence-corrected chi connectivity index (χ4v) is 4.71. The molecule has 1 aliphatic rings. The molecule has 7 heteroatoms. The molecule has 1 N–H and O–H groups in total. The van der Waals surface area contributed by atoms with E-state index in [2.05, 4.69) is 29.3 Å². The van der Waals surface area contributed by atoms with Gasteiger partial charge in [0.05, 0.1) is 18.0 Å². The summed E-state index contributed by atoms with van der Waals surface area (Å²) < 4.78 is 25.6.